The van der Waals surface area contributed by atoms with Crippen LogP contribution < -0.4 is 5.32 Å². The van der Waals surface area contributed by atoms with Gasteiger partial charge in [-0.2, -0.15) is 0 Å². The van der Waals surface area contributed by atoms with Gasteiger partial charge in [0.2, 0.25) is 5.91 Å². The molecule has 1 aliphatic carbocycles. The molecule has 156 valence electrons. The zero-order valence-corrected chi connectivity index (χ0v) is 17.3. The number of hydrogen-bond acceptors (Lipinski definition) is 4. The van der Waals surface area contributed by atoms with Crippen molar-refractivity contribution in [1.82, 2.24) is 10.1 Å². The maximum absolute atomic E-state index is 13.4. The van der Waals surface area contributed by atoms with E-state index in [1.807, 2.05) is 42.5 Å². The van der Waals surface area contributed by atoms with Crippen molar-refractivity contribution in [3.05, 3.63) is 59.9 Å². The Morgan fingerprint density at radius 1 is 1.07 bits per heavy atom. The van der Waals surface area contributed by atoms with Crippen LogP contribution in [0.15, 0.2) is 53.1 Å². The van der Waals surface area contributed by atoms with E-state index >= 15 is 0 Å². The Kier molecular flexibility index (Phi) is 6.12. The summed E-state index contributed by atoms with van der Waals surface area (Å²) >= 11 is 0. The van der Waals surface area contributed by atoms with Crippen LogP contribution in [0.5, 0.6) is 0 Å². The van der Waals surface area contributed by atoms with Crippen molar-refractivity contribution in [2.24, 2.45) is 5.92 Å². The largest absolute Gasteiger partial charge is 0.360 e. The van der Waals surface area contributed by atoms with Crippen LogP contribution >= 0.6 is 0 Å². The van der Waals surface area contributed by atoms with Crippen LogP contribution in [0.3, 0.4) is 0 Å². The van der Waals surface area contributed by atoms with Crippen molar-refractivity contribution in [3.8, 4) is 0 Å². The molecule has 0 unspecified atom stereocenters. The zero-order valence-electron chi connectivity index (χ0n) is 17.3. The minimum absolute atomic E-state index is 0.00589. The summed E-state index contributed by atoms with van der Waals surface area (Å²) in [5, 5.41) is 8.64. The molecule has 1 N–H and O–H groups in total. The molecule has 30 heavy (non-hydrogen) atoms. The first-order chi connectivity index (χ1) is 14.6. The molecule has 0 aliphatic heterocycles. The Morgan fingerprint density at radius 2 is 1.83 bits per heavy atom. The molecule has 6 heteroatoms. The molecule has 0 atom stereocenters. The molecule has 1 saturated carbocycles. The highest BCUT2D eigenvalue weighted by molar-refractivity contribution is 6.01. The van der Waals surface area contributed by atoms with Gasteiger partial charge in [-0.05, 0) is 48.6 Å². The Hall–Kier alpha value is -3.15. The predicted octanol–water partition coefficient (Wildman–Crippen LogP) is 4.80. The van der Waals surface area contributed by atoms with E-state index in [2.05, 4.69) is 10.5 Å². The molecule has 2 aromatic carbocycles. The lowest BCUT2D eigenvalue weighted by Gasteiger charge is -2.29. The SMILES string of the molecule is Cc1cc(NC(=O)CN(CC2CCCCC2)C(=O)c2ccc3ccccc3c2)no1. The van der Waals surface area contributed by atoms with Crippen molar-refractivity contribution in [3.63, 3.8) is 0 Å². The molecule has 3 aromatic rings. The van der Waals surface area contributed by atoms with Gasteiger partial charge in [-0.15, -0.1) is 0 Å². The van der Waals surface area contributed by atoms with Gasteiger partial charge in [0.1, 0.15) is 12.3 Å². The molecule has 1 heterocycles. The predicted molar refractivity (Wildman–Crippen MR) is 116 cm³/mol. The smallest absolute Gasteiger partial charge is 0.254 e. The second-order valence-electron chi connectivity index (χ2n) is 8.12. The lowest BCUT2D eigenvalue weighted by Crippen LogP contribution is -2.41. The van der Waals surface area contributed by atoms with Gasteiger partial charge in [-0.1, -0.05) is 54.8 Å². The molecule has 0 spiro atoms. The molecule has 6 nitrogen and oxygen atoms in total. The van der Waals surface area contributed by atoms with E-state index in [9.17, 15) is 9.59 Å². The molecule has 1 aliphatic rings. The van der Waals surface area contributed by atoms with E-state index in [-0.39, 0.29) is 18.4 Å². The van der Waals surface area contributed by atoms with Gasteiger partial charge in [0, 0.05) is 18.2 Å². The minimum Gasteiger partial charge on any atom is -0.360 e. The minimum atomic E-state index is -0.270. The molecular formula is C24H27N3O3. The highest BCUT2D eigenvalue weighted by atomic mass is 16.5. The quantitative estimate of drug-likeness (QED) is 0.639. The highest BCUT2D eigenvalue weighted by Gasteiger charge is 2.24. The summed E-state index contributed by atoms with van der Waals surface area (Å²) in [6.45, 7) is 2.35. The normalized spacial score (nSPS) is 14.6. The van der Waals surface area contributed by atoms with Gasteiger partial charge in [0.25, 0.3) is 5.91 Å². The summed E-state index contributed by atoms with van der Waals surface area (Å²) in [5.41, 5.74) is 0.606. The Labute approximate surface area is 176 Å². The second-order valence-corrected chi connectivity index (χ2v) is 8.12. The van der Waals surface area contributed by atoms with Crippen LogP contribution in [0.1, 0.15) is 48.2 Å². The number of carbonyl (C=O) groups is 2. The zero-order chi connectivity index (χ0) is 20.9. The third-order valence-corrected chi connectivity index (χ3v) is 5.72. The maximum Gasteiger partial charge on any atom is 0.254 e. The van der Waals surface area contributed by atoms with Gasteiger partial charge in [-0.25, -0.2) is 0 Å². The van der Waals surface area contributed by atoms with Crippen molar-refractivity contribution in [2.75, 3.05) is 18.4 Å². The van der Waals surface area contributed by atoms with Crippen LogP contribution in [0.2, 0.25) is 0 Å². The van der Waals surface area contributed by atoms with Crippen LogP contribution in [0.25, 0.3) is 10.8 Å². The summed E-state index contributed by atoms with van der Waals surface area (Å²) in [5.74, 6) is 1.04. The van der Waals surface area contributed by atoms with Crippen molar-refractivity contribution in [1.29, 1.82) is 0 Å². The van der Waals surface area contributed by atoms with E-state index < -0.39 is 0 Å². The number of amides is 2. The Bertz CT molecular complexity index is 1040. The number of aromatic nitrogens is 1. The molecular weight excluding hydrogens is 378 g/mol. The summed E-state index contributed by atoms with van der Waals surface area (Å²) in [6.07, 6.45) is 5.83. The number of nitrogens with one attached hydrogen (secondary N) is 1. The average molecular weight is 405 g/mol. The van der Waals surface area contributed by atoms with Crippen molar-refractivity contribution < 1.29 is 14.1 Å². The summed E-state index contributed by atoms with van der Waals surface area (Å²) < 4.78 is 5.00. The monoisotopic (exact) mass is 405 g/mol. The van der Waals surface area contributed by atoms with Crippen molar-refractivity contribution >= 4 is 28.4 Å². The number of benzene rings is 2. The van der Waals surface area contributed by atoms with Crippen molar-refractivity contribution in [2.45, 2.75) is 39.0 Å². The lowest BCUT2D eigenvalue weighted by atomic mass is 9.89. The number of anilines is 1. The summed E-state index contributed by atoms with van der Waals surface area (Å²) in [7, 11) is 0. The van der Waals surface area contributed by atoms with E-state index in [0.29, 0.717) is 29.6 Å². The topological polar surface area (TPSA) is 75.4 Å². The Balaban J connectivity index is 1.52. The van der Waals surface area contributed by atoms with Gasteiger partial charge in [-0.3, -0.25) is 9.59 Å². The van der Waals surface area contributed by atoms with Gasteiger partial charge in [0.15, 0.2) is 5.82 Å². The fourth-order valence-corrected chi connectivity index (χ4v) is 4.19. The average Bonchev–Trinajstić information content (AvgIpc) is 3.17. The molecule has 4 rings (SSSR count). The molecule has 0 bridgehead atoms. The standard InChI is InChI=1S/C24H27N3O3/c1-17-13-22(26-30-17)25-23(28)16-27(15-18-7-3-2-4-8-18)24(29)21-12-11-19-9-5-6-10-20(19)14-21/h5-6,9-14,18H,2-4,7-8,15-16H2,1H3,(H,25,26,28). The van der Waals surface area contributed by atoms with Crippen LogP contribution in [-0.4, -0.2) is 35.0 Å². The van der Waals surface area contributed by atoms with Crippen LogP contribution in [0, 0.1) is 12.8 Å². The fourth-order valence-electron chi connectivity index (χ4n) is 4.19. The number of nitrogens with zero attached hydrogens (tertiary/aromatic N) is 2. The first kappa shape index (κ1) is 20.1. The summed E-state index contributed by atoms with van der Waals surface area (Å²) in [6, 6.07) is 15.3. The van der Waals surface area contributed by atoms with Crippen LogP contribution in [-0.2, 0) is 4.79 Å². The van der Waals surface area contributed by atoms with E-state index in [1.54, 1.807) is 17.9 Å². The van der Waals surface area contributed by atoms with E-state index in [0.717, 1.165) is 23.6 Å². The lowest BCUT2D eigenvalue weighted by molar-refractivity contribution is -0.117. The summed E-state index contributed by atoms with van der Waals surface area (Å²) in [4.78, 5) is 27.7. The number of aryl methyl sites for hydroxylation is 1. The highest BCUT2D eigenvalue weighted by Crippen LogP contribution is 2.25. The Morgan fingerprint density at radius 3 is 2.57 bits per heavy atom. The third-order valence-electron chi connectivity index (χ3n) is 5.72. The van der Waals surface area contributed by atoms with Gasteiger partial charge < -0.3 is 14.7 Å². The number of rotatable bonds is 6. The molecule has 1 fully saturated rings. The second kappa shape index (κ2) is 9.11. The molecule has 1 aromatic heterocycles. The number of hydrogen-bond donors (Lipinski definition) is 1. The third kappa shape index (κ3) is 4.87. The molecule has 2 amide bonds. The first-order valence-electron chi connectivity index (χ1n) is 10.6. The van der Waals surface area contributed by atoms with Crippen LogP contribution in [0.4, 0.5) is 5.82 Å². The van der Waals surface area contributed by atoms with E-state index in [4.69, 9.17) is 4.52 Å². The number of fused-ring (bicyclic) bond motifs is 1. The molecule has 0 saturated heterocycles. The van der Waals surface area contributed by atoms with E-state index in [1.165, 1.54) is 19.3 Å². The maximum atomic E-state index is 13.4. The van der Waals surface area contributed by atoms with Gasteiger partial charge >= 0.3 is 0 Å². The molecule has 0 radical (unpaired) electrons. The number of carbonyl (C=O) groups excluding carboxylic acids is 2. The fraction of sp³-hybridized carbons (Fsp3) is 0.375. The van der Waals surface area contributed by atoms with Gasteiger partial charge in [0.05, 0.1) is 0 Å². The first-order valence-corrected chi connectivity index (χ1v) is 10.6.